The molecule has 0 N–H and O–H groups in total. The lowest BCUT2D eigenvalue weighted by atomic mass is 9.91. The van der Waals surface area contributed by atoms with E-state index in [1.807, 2.05) is 34.6 Å². The molecule has 0 aliphatic heterocycles. The van der Waals surface area contributed by atoms with Crippen LogP contribution in [-0.2, 0) is 9.53 Å². The lowest BCUT2D eigenvalue weighted by Crippen LogP contribution is -2.27. The van der Waals surface area contributed by atoms with Crippen molar-refractivity contribution in [3.63, 3.8) is 0 Å². The molecule has 0 fully saturated rings. The SMILES string of the molecule is CCC(C)(C)C(=O)OCCOc1c(C)cc(C)cc1C. The number of benzene rings is 1. The Bertz CT molecular complexity index is 452. The molecule has 0 radical (unpaired) electrons. The number of carbonyl (C=O) groups excluding carboxylic acids is 1. The predicted octanol–water partition coefficient (Wildman–Crippen LogP) is 3.97. The minimum Gasteiger partial charge on any atom is -0.489 e. The number of rotatable bonds is 6. The van der Waals surface area contributed by atoms with Gasteiger partial charge in [0.2, 0.25) is 0 Å². The summed E-state index contributed by atoms with van der Waals surface area (Å²) in [6.07, 6.45) is 0.767. The van der Waals surface area contributed by atoms with E-state index >= 15 is 0 Å². The van der Waals surface area contributed by atoms with Crippen molar-refractivity contribution in [2.75, 3.05) is 13.2 Å². The van der Waals surface area contributed by atoms with Crippen molar-refractivity contribution in [1.82, 2.24) is 0 Å². The Morgan fingerprint density at radius 1 is 1.10 bits per heavy atom. The second kappa shape index (κ2) is 6.78. The first-order chi connectivity index (χ1) is 9.27. The molecule has 3 nitrogen and oxygen atoms in total. The summed E-state index contributed by atoms with van der Waals surface area (Å²) < 4.78 is 11.0. The topological polar surface area (TPSA) is 35.5 Å². The zero-order valence-corrected chi connectivity index (χ0v) is 13.5. The van der Waals surface area contributed by atoms with Gasteiger partial charge in [0.15, 0.2) is 0 Å². The smallest absolute Gasteiger partial charge is 0.311 e. The van der Waals surface area contributed by atoms with Gasteiger partial charge < -0.3 is 9.47 Å². The monoisotopic (exact) mass is 278 g/mol. The molecule has 0 amide bonds. The van der Waals surface area contributed by atoms with Crippen molar-refractivity contribution >= 4 is 5.97 Å². The van der Waals surface area contributed by atoms with Gasteiger partial charge in [-0.25, -0.2) is 0 Å². The van der Waals surface area contributed by atoms with Crippen LogP contribution in [0, 0.1) is 26.2 Å². The predicted molar refractivity (Wildman–Crippen MR) is 81.2 cm³/mol. The lowest BCUT2D eigenvalue weighted by Gasteiger charge is -2.20. The number of ether oxygens (including phenoxy) is 2. The van der Waals surface area contributed by atoms with Crippen LogP contribution in [0.2, 0.25) is 0 Å². The molecular weight excluding hydrogens is 252 g/mol. The molecule has 1 rings (SSSR count). The summed E-state index contributed by atoms with van der Waals surface area (Å²) in [4.78, 5) is 11.8. The van der Waals surface area contributed by atoms with Gasteiger partial charge in [-0.2, -0.15) is 0 Å². The number of carbonyl (C=O) groups is 1. The number of esters is 1. The van der Waals surface area contributed by atoms with Crippen LogP contribution in [0.25, 0.3) is 0 Å². The van der Waals surface area contributed by atoms with E-state index in [-0.39, 0.29) is 12.6 Å². The van der Waals surface area contributed by atoms with Gasteiger partial charge in [0.25, 0.3) is 0 Å². The van der Waals surface area contributed by atoms with Crippen LogP contribution < -0.4 is 4.74 Å². The van der Waals surface area contributed by atoms with E-state index in [2.05, 4.69) is 19.1 Å². The molecule has 0 spiro atoms. The summed E-state index contributed by atoms with van der Waals surface area (Å²) in [7, 11) is 0. The van der Waals surface area contributed by atoms with E-state index in [0.717, 1.165) is 23.3 Å². The highest BCUT2D eigenvalue weighted by molar-refractivity contribution is 5.75. The van der Waals surface area contributed by atoms with Gasteiger partial charge in [-0.1, -0.05) is 24.6 Å². The molecule has 0 bridgehead atoms. The van der Waals surface area contributed by atoms with Crippen LogP contribution in [0.1, 0.15) is 43.9 Å². The van der Waals surface area contributed by atoms with Crippen LogP contribution in [-0.4, -0.2) is 19.2 Å². The maximum absolute atomic E-state index is 11.8. The van der Waals surface area contributed by atoms with E-state index in [0.29, 0.717) is 6.61 Å². The van der Waals surface area contributed by atoms with Gasteiger partial charge in [0.05, 0.1) is 5.41 Å². The first-order valence-corrected chi connectivity index (χ1v) is 7.16. The quantitative estimate of drug-likeness (QED) is 0.583. The average molecular weight is 278 g/mol. The molecule has 20 heavy (non-hydrogen) atoms. The normalized spacial score (nSPS) is 11.3. The second-order valence-electron chi connectivity index (χ2n) is 5.95. The molecule has 0 atom stereocenters. The van der Waals surface area contributed by atoms with Crippen molar-refractivity contribution in [3.8, 4) is 5.75 Å². The van der Waals surface area contributed by atoms with Gasteiger partial charge in [0.1, 0.15) is 19.0 Å². The third-order valence-electron chi connectivity index (χ3n) is 3.60. The first-order valence-electron chi connectivity index (χ1n) is 7.16. The van der Waals surface area contributed by atoms with Crippen molar-refractivity contribution < 1.29 is 14.3 Å². The zero-order chi connectivity index (χ0) is 15.3. The van der Waals surface area contributed by atoms with Crippen molar-refractivity contribution in [3.05, 3.63) is 28.8 Å². The fraction of sp³-hybridized carbons (Fsp3) is 0.588. The summed E-state index contributed by atoms with van der Waals surface area (Å²) in [5.41, 5.74) is 3.03. The first kappa shape index (κ1) is 16.5. The fourth-order valence-corrected chi connectivity index (χ4v) is 2.01. The summed E-state index contributed by atoms with van der Waals surface area (Å²) >= 11 is 0. The Kier molecular flexibility index (Phi) is 5.61. The van der Waals surface area contributed by atoms with Crippen molar-refractivity contribution in [2.45, 2.75) is 48.0 Å². The number of aryl methyl sites for hydroxylation is 3. The largest absolute Gasteiger partial charge is 0.489 e. The molecule has 112 valence electrons. The molecule has 1 aromatic rings. The summed E-state index contributed by atoms with van der Waals surface area (Å²) in [5.74, 6) is 0.724. The van der Waals surface area contributed by atoms with E-state index in [9.17, 15) is 4.79 Å². The molecule has 0 saturated heterocycles. The molecule has 0 unspecified atom stereocenters. The van der Waals surface area contributed by atoms with Gasteiger partial charge >= 0.3 is 5.97 Å². The second-order valence-corrected chi connectivity index (χ2v) is 5.95. The van der Waals surface area contributed by atoms with Crippen LogP contribution in [0.4, 0.5) is 0 Å². The summed E-state index contributed by atoms with van der Waals surface area (Å²) in [6, 6.07) is 4.18. The highest BCUT2D eigenvalue weighted by Gasteiger charge is 2.26. The molecule has 0 saturated carbocycles. The van der Waals surface area contributed by atoms with Crippen LogP contribution in [0.15, 0.2) is 12.1 Å². The van der Waals surface area contributed by atoms with Crippen molar-refractivity contribution in [2.24, 2.45) is 5.41 Å². The molecule has 0 heterocycles. The van der Waals surface area contributed by atoms with Gasteiger partial charge in [-0.15, -0.1) is 0 Å². The van der Waals surface area contributed by atoms with Crippen LogP contribution >= 0.6 is 0 Å². The summed E-state index contributed by atoms with van der Waals surface area (Å²) in [6.45, 7) is 12.6. The maximum atomic E-state index is 11.8. The third-order valence-corrected chi connectivity index (χ3v) is 3.60. The molecule has 0 aromatic heterocycles. The highest BCUT2D eigenvalue weighted by atomic mass is 16.6. The Hall–Kier alpha value is -1.51. The molecular formula is C17H26O3. The zero-order valence-electron chi connectivity index (χ0n) is 13.5. The van der Waals surface area contributed by atoms with Crippen molar-refractivity contribution in [1.29, 1.82) is 0 Å². The third kappa shape index (κ3) is 4.26. The Morgan fingerprint density at radius 2 is 1.65 bits per heavy atom. The molecule has 1 aromatic carbocycles. The van der Waals surface area contributed by atoms with E-state index in [1.54, 1.807) is 0 Å². The molecule has 0 aliphatic rings. The van der Waals surface area contributed by atoms with Crippen LogP contribution in [0.5, 0.6) is 5.75 Å². The standard InChI is InChI=1S/C17H26O3/c1-7-17(5,6)16(18)20-9-8-19-15-13(3)10-12(2)11-14(15)4/h10-11H,7-9H2,1-6H3. The van der Waals surface area contributed by atoms with E-state index in [1.165, 1.54) is 5.56 Å². The minimum atomic E-state index is -0.421. The van der Waals surface area contributed by atoms with Gasteiger partial charge in [-0.3, -0.25) is 4.79 Å². The Labute approximate surface area is 122 Å². The Morgan fingerprint density at radius 3 is 2.15 bits per heavy atom. The highest BCUT2D eigenvalue weighted by Crippen LogP contribution is 2.25. The van der Waals surface area contributed by atoms with E-state index in [4.69, 9.17) is 9.47 Å². The molecule has 0 aliphatic carbocycles. The lowest BCUT2D eigenvalue weighted by molar-refractivity contribution is -0.154. The average Bonchev–Trinajstić information content (AvgIpc) is 2.36. The fourth-order valence-electron chi connectivity index (χ4n) is 2.01. The Balaban J connectivity index is 2.48. The molecule has 3 heteroatoms. The van der Waals surface area contributed by atoms with Crippen LogP contribution in [0.3, 0.4) is 0 Å². The van der Waals surface area contributed by atoms with Gasteiger partial charge in [0, 0.05) is 0 Å². The maximum Gasteiger partial charge on any atom is 0.311 e. The summed E-state index contributed by atoms with van der Waals surface area (Å²) in [5, 5.41) is 0. The number of hydrogen-bond donors (Lipinski definition) is 0. The van der Waals surface area contributed by atoms with Gasteiger partial charge in [-0.05, 0) is 52.2 Å². The van der Waals surface area contributed by atoms with E-state index < -0.39 is 5.41 Å². The number of hydrogen-bond acceptors (Lipinski definition) is 3. The minimum absolute atomic E-state index is 0.166.